The summed E-state index contributed by atoms with van der Waals surface area (Å²) in [6.07, 6.45) is 2.54. The molecule has 12 heteroatoms. The summed E-state index contributed by atoms with van der Waals surface area (Å²) in [6.45, 7) is 0.115. The van der Waals surface area contributed by atoms with Gasteiger partial charge in [-0.05, 0) is 36.4 Å². The molecular weight excluding hydrogens is 423 g/mol. The Morgan fingerprint density at radius 3 is 2.70 bits per heavy atom. The highest BCUT2D eigenvalue weighted by atomic mass is 32.2. The second-order valence-electron chi connectivity index (χ2n) is 6.48. The zero-order valence-electron chi connectivity index (χ0n) is 15.2. The number of anilines is 1. The van der Waals surface area contributed by atoms with Gasteiger partial charge >= 0.3 is 6.18 Å². The van der Waals surface area contributed by atoms with Crippen molar-refractivity contribution >= 4 is 27.5 Å². The minimum atomic E-state index is -4.59. The van der Waals surface area contributed by atoms with Gasteiger partial charge in [0.15, 0.2) is 0 Å². The van der Waals surface area contributed by atoms with Gasteiger partial charge in [-0.2, -0.15) is 18.3 Å². The Hall–Kier alpha value is -3.41. The number of alkyl halides is 3. The largest absolute Gasteiger partial charge is 0.416 e. The Labute approximate surface area is 169 Å². The Kier molecular flexibility index (Phi) is 4.73. The van der Waals surface area contributed by atoms with Crippen LogP contribution in [0.2, 0.25) is 0 Å². The number of amidine groups is 1. The summed E-state index contributed by atoms with van der Waals surface area (Å²) < 4.78 is 67.6. The number of hydrogen-bond donors (Lipinski definition) is 1. The summed E-state index contributed by atoms with van der Waals surface area (Å²) in [4.78, 5) is 14.2. The molecule has 0 fully saturated rings. The van der Waals surface area contributed by atoms with Gasteiger partial charge in [-0.25, -0.2) is 13.1 Å². The van der Waals surface area contributed by atoms with Crippen LogP contribution in [-0.4, -0.2) is 47.1 Å². The molecule has 2 aliphatic heterocycles. The first-order valence-electron chi connectivity index (χ1n) is 8.64. The van der Waals surface area contributed by atoms with Crippen molar-refractivity contribution in [1.29, 1.82) is 0 Å². The van der Waals surface area contributed by atoms with Crippen molar-refractivity contribution in [3.05, 3.63) is 66.1 Å². The fourth-order valence-electron chi connectivity index (χ4n) is 2.95. The summed E-state index contributed by atoms with van der Waals surface area (Å²) in [5, 5.41) is 6.49. The lowest BCUT2D eigenvalue weighted by Crippen LogP contribution is -2.37. The summed E-state index contributed by atoms with van der Waals surface area (Å²) in [5.41, 5.74) is -0.601. The number of aromatic nitrogens is 2. The molecule has 8 nitrogen and oxygen atoms in total. The highest BCUT2D eigenvalue weighted by Gasteiger charge is 2.32. The van der Waals surface area contributed by atoms with Crippen LogP contribution in [0.3, 0.4) is 0 Å². The van der Waals surface area contributed by atoms with Crippen molar-refractivity contribution in [3.8, 4) is 5.69 Å². The fourth-order valence-corrected chi connectivity index (χ4v) is 3.92. The molecule has 1 N–H and O–H groups in total. The number of rotatable bonds is 3. The second kappa shape index (κ2) is 7.13. The molecule has 0 saturated heterocycles. The fraction of sp³-hybridized carbons (Fsp3) is 0.167. The zero-order chi connectivity index (χ0) is 21.5. The van der Waals surface area contributed by atoms with E-state index in [-0.39, 0.29) is 35.1 Å². The number of carbonyl (C=O) groups is 1. The monoisotopic (exact) mass is 437 g/mol. The van der Waals surface area contributed by atoms with Gasteiger partial charge in [-0.3, -0.25) is 4.79 Å². The Balaban J connectivity index is 1.65. The normalized spacial score (nSPS) is 17.8. The van der Waals surface area contributed by atoms with E-state index < -0.39 is 27.7 Å². The number of fused-ring (bicyclic) bond motifs is 1. The third kappa shape index (κ3) is 3.99. The first-order valence-corrected chi connectivity index (χ1v) is 10.3. The number of carbonyl (C=O) groups excluding carboxylic acids is 1. The number of benzene rings is 1. The smallest absolute Gasteiger partial charge is 0.330 e. The van der Waals surface area contributed by atoms with Crippen LogP contribution in [0.15, 0.2) is 65.0 Å². The molecule has 0 spiro atoms. The minimum Gasteiger partial charge on any atom is -0.330 e. The molecule has 0 atom stereocenters. The predicted octanol–water partition coefficient (Wildman–Crippen LogP) is 2.33. The minimum absolute atomic E-state index is 0.0755. The van der Waals surface area contributed by atoms with Crippen LogP contribution in [0.4, 0.5) is 18.9 Å². The molecule has 0 aliphatic carbocycles. The van der Waals surface area contributed by atoms with E-state index in [4.69, 9.17) is 0 Å². The average Bonchev–Trinajstić information content (AvgIpc) is 3.20. The van der Waals surface area contributed by atoms with Crippen molar-refractivity contribution in [2.75, 3.05) is 17.6 Å². The molecule has 0 saturated carbocycles. The van der Waals surface area contributed by atoms with Crippen LogP contribution in [0.25, 0.3) is 5.69 Å². The van der Waals surface area contributed by atoms with E-state index in [9.17, 15) is 26.4 Å². The van der Waals surface area contributed by atoms with E-state index in [2.05, 4.69) is 14.8 Å². The molecule has 0 unspecified atom stereocenters. The lowest BCUT2D eigenvalue weighted by molar-refractivity contribution is -0.137. The second-order valence-corrected chi connectivity index (χ2v) is 8.24. The van der Waals surface area contributed by atoms with Crippen molar-refractivity contribution in [2.24, 2.45) is 4.40 Å². The molecular formula is C18H14F3N5O3S. The maximum Gasteiger partial charge on any atom is 0.416 e. The molecule has 3 heterocycles. The molecule has 4 rings (SSSR count). The Morgan fingerprint density at radius 1 is 1.20 bits per heavy atom. The summed E-state index contributed by atoms with van der Waals surface area (Å²) in [5.74, 6) is -0.687. The van der Waals surface area contributed by atoms with Gasteiger partial charge in [-0.15, -0.1) is 4.40 Å². The van der Waals surface area contributed by atoms with E-state index in [1.54, 1.807) is 6.07 Å². The van der Waals surface area contributed by atoms with Crippen LogP contribution in [0.1, 0.15) is 5.56 Å². The van der Waals surface area contributed by atoms with Crippen LogP contribution in [0, 0.1) is 0 Å². The highest BCUT2D eigenvalue weighted by molar-refractivity contribution is 7.90. The third-order valence-corrected chi connectivity index (χ3v) is 5.57. The standard InChI is InChI=1S/C18H14F3N5O3S/c19-18(20,21)13-3-4-15(26-7-1-6-22-26)14(10-13)23-17(27)12-2-5-16-24-30(28,29)9-8-25(16)11-12/h1-7,10-11H,8-9H2,(H,23,27). The number of halogens is 3. The number of hydrogen-bond acceptors (Lipinski definition) is 5. The van der Waals surface area contributed by atoms with Gasteiger partial charge in [0.25, 0.3) is 15.9 Å². The van der Waals surface area contributed by atoms with Crippen LogP contribution in [-0.2, 0) is 21.0 Å². The molecule has 1 aromatic heterocycles. The molecule has 156 valence electrons. The highest BCUT2D eigenvalue weighted by Crippen LogP contribution is 2.33. The molecule has 1 aromatic carbocycles. The van der Waals surface area contributed by atoms with Gasteiger partial charge in [0.2, 0.25) is 0 Å². The lowest BCUT2D eigenvalue weighted by atomic mass is 10.1. The van der Waals surface area contributed by atoms with Crippen LogP contribution < -0.4 is 5.32 Å². The third-order valence-electron chi connectivity index (χ3n) is 4.41. The molecule has 1 amide bonds. The predicted molar refractivity (Wildman–Crippen MR) is 102 cm³/mol. The first-order chi connectivity index (χ1) is 14.1. The number of nitrogens with zero attached hydrogens (tertiary/aromatic N) is 4. The van der Waals surface area contributed by atoms with E-state index in [0.29, 0.717) is 0 Å². The van der Waals surface area contributed by atoms with Crippen LogP contribution >= 0.6 is 0 Å². The molecule has 2 aliphatic rings. The first kappa shape index (κ1) is 19.9. The van der Waals surface area contributed by atoms with Crippen molar-refractivity contribution in [1.82, 2.24) is 14.7 Å². The maximum atomic E-state index is 13.2. The molecule has 0 radical (unpaired) electrons. The maximum absolute atomic E-state index is 13.2. The number of nitrogens with one attached hydrogen (secondary N) is 1. The lowest BCUT2D eigenvalue weighted by Gasteiger charge is -2.27. The summed E-state index contributed by atoms with van der Waals surface area (Å²) in [7, 11) is -3.54. The summed E-state index contributed by atoms with van der Waals surface area (Å²) >= 11 is 0. The molecule has 2 aromatic rings. The average molecular weight is 437 g/mol. The van der Waals surface area contributed by atoms with E-state index in [1.807, 2.05) is 0 Å². The van der Waals surface area contributed by atoms with E-state index in [0.717, 1.165) is 12.1 Å². The van der Waals surface area contributed by atoms with E-state index in [1.165, 1.54) is 46.4 Å². The van der Waals surface area contributed by atoms with E-state index >= 15 is 0 Å². The summed E-state index contributed by atoms with van der Waals surface area (Å²) in [6, 6.07) is 4.56. The zero-order valence-corrected chi connectivity index (χ0v) is 16.0. The SMILES string of the molecule is O=C(Nc1cc(C(F)(F)F)ccc1-n1cccn1)C1=CN2CCS(=O)(=O)N=C2C=C1. The number of sulfonamides is 1. The van der Waals surface area contributed by atoms with Crippen molar-refractivity contribution < 1.29 is 26.4 Å². The Morgan fingerprint density at radius 2 is 2.00 bits per heavy atom. The van der Waals surface area contributed by atoms with Gasteiger partial charge in [0.05, 0.1) is 28.3 Å². The quantitative estimate of drug-likeness (QED) is 0.795. The van der Waals surface area contributed by atoms with Gasteiger partial charge < -0.3 is 10.2 Å². The number of amides is 1. The van der Waals surface area contributed by atoms with Gasteiger partial charge in [0.1, 0.15) is 5.84 Å². The molecule has 30 heavy (non-hydrogen) atoms. The van der Waals surface area contributed by atoms with Crippen molar-refractivity contribution in [3.63, 3.8) is 0 Å². The molecule has 0 bridgehead atoms. The van der Waals surface area contributed by atoms with Crippen molar-refractivity contribution in [2.45, 2.75) is 6.18 Å². The topological polar surface area (TPSA) is 96.7 Å². The van der Waals surface area contributed by atoms with Gasteiger partial charge in [-0.1, -0.05) is 0 Å². The van der Waals surface area contributed by atoms with Crippen LogP contribution in [0.5, 0.6) is 0 Å². The van der Waals surface area contributed by atoms with Gasteiger partial charge in [0, 0.05) is 25.1 Å². The Bertz CT molecular complexity index is 1200.